The zero-order valence-electron chi connectivity index (χ0n) is 27.3. The van der Waals surface area contributed by atoms with Crippen molar-refractivity contribution in [2.24, 2.45) is 0 Å². The first-order chi connectivity index (χ1) is 23.1. The Bertz CT molecular complexity index is 2030. The molecule has 1 atom stereocenters. The molecule has 0 saturated carbocycles. The molecule has 2 aromatic heterocycles. The summed E-state index contributed by atoms with van der Waals surface area (Å²) in [5.74, 6) is 0.373. The minimum absolute atomic E-state index is 0.348. The van der Waals surface area contributed by atoms with Crippen LogP contribution in [0.3, 0.4) is 0 Å². The van der Waals surface area contributed by atoms with Gasteiger partial charge in [0.05, 0.1) is 23.4 Å². The van der Waals surface area contributed by atoms with Crippen molar-refractivity contribution in [2.45, 2.75) is 39.2 Å². The summed E-state index contributed by atoms with van der Waals surface area (Å²) in [7, 11) is 0. The van der Waals surface area contributed by atoms with Gasteiger partial charge in [-0.2, -0.15) is 0 Å². The minimum atomic E-state index is -1.31. The first-order valence-corrected chi connectivity index (χ1v) is 16.7. The number of nitrogens with zero attached hydrogens (tertiary/aromatic N) is 2. The molecule has 5 nitrogen and oxygen atoms in total. The van der Waals surface area contributed by atoms with Crippen LogP contribution < -0.4 is 9.64 Å². The van der Waals surface area contributed by atoms with Crippen LogP contribution in [0.15, 0.2) is 128 Å². The lowest BCUT2D eigenvalue weighted by Gasteiger charge is -2.33. The summed E-state index contributed by atoms with van der Waals surface area (Å²) in [4.78, 5) is 16.4. The molecule has 1 unspecified atom stereocenters. The number of fused-ring (bicyclic) bond motifs is 2. The molecule has 6 aromatic rings. The number of aromatic nitrogens is 1. The lowest BCUT2D eigenvalue weighted by molar-refractivity contribution is 0.0230. The molecule has 0 aliphatic carbocycles. The smallest absolute Gasteiger partial charge is 0.340 e. The number of hydrogen-bond donors (Lipinski definition) is 0. The number of pyridine rings is 1. The molecular weight excluding hydrogens is 580 g/mol. The van der Waals surface area contributed by atoms with E-state index in [1.165, 1.54) is 0 Å². The van der Waals surface area contributed by atoms with Crippen LogP contribution in [0, 0.1) is 0 Å². The highest BCUT2D eigenvalue weighted by Crippen LogP contribution is 2.55. The van der Waals surface area contributed by atoms with Crippen molar-refractivity contribution in [3.63, 3.8) is 0 Å². The van der Waals surface area contributed by atoms with Crippen LogP contribution >= 0.6 is 0 Å². The van der Waals surface area contributed by atoms with Crippen LogP contribution in [0.5, 0.6) is 5.75 Å². The van der Waals surface area contributed by atoms with Crippen LogP contribution in [-0.2, 0) is 10.3 Å². The summed E-state index contributed by atoms with van der Waals surface area (Å²) in [6, 6.07) is 41.4. The van der Waals surface area contributed by atoms with Gasteiger partial charge in [-0.15, -0.1) is 0 Å². The fraction of sp³-hybridized carbons (Fsp3) is 0.214. The van der Waals surface area contributed by atoms with Gasteiger partial charge < -0.3 is 18.8 Å². The molecule has 0 fully saturated rings. The van der Waals surface area contributed by atoms with E-state index >= 15 is 0 Å². The predicted molar refractivity (Wildman–Crippen MR) is 190 cm³/mol. The summed E-state index contributed by atoms with van der Waals surface area (Å²) in [5.41, 5.74) is 8.07. The zero-order chi connectivity index (χ0) is 32.4. The number of hydrogen-bond acceptors (Lipinski definition) is 4. The highest BCUT2D eigenvalue weighted by molar-refractivity contribution is 6.01. The molecule has 0 bridgehead atoms. The molecule has 0 saturated heterocycles. The van der Waals surface area contributed by atoms with E-state index in [0.29, 0.717) is 12.2 Å². The summed E-state index contributed by atoms with van der Waals surface area (Å²) in [5, 5.41) is 0. The van der Waals surface area contributed by atoms with E-state index in [1.54, 1.807) is 0 Å². The van der Waals surface area contributed by atoms with Gasteiger partial charge in [-0.25, -0.2) is 4.79 Å². The Morgan fingerprint density at radius 2 is 1.38 bits per heavy atom. The van der Waals surface area contributed by atoms with Gasteiger partial charge in [0.1, 0.15) is 5.75 Å². The lowest BCUT2D eigenvalue weighted by atomic mass is 9.78. The number of unbranched alkanes of at least 4 members (excludes halogenated alkanes) is 1. The van der Waals surface area contributed by atoms with Crippen molar-refractivity contribution in [3.8, 4) is 28.0 Å². The third-order valence-electron chi connectivity index (χ3n) is 9.30. The van der Waals surface area contributed by atoms with E-state index in [1.807, 2.05) is 42.5 Å². The van der Waals surface area contributed by atoms with E-state index in [-0.39, 0.29) is 5.97 Å². The molecule has 0 N–H and O–H groups in total. The van der Waals surface area contributed by atoms with Crippen molar-refractivity contribution in [1.29, 1.82) is 0 Å². The van der Waals surface area contributed by atoms with E-state index in [0.717, 1.165) is 82.0 Å². The molecule has 5 heteroatoms. The summed E-state index contributed by atoms with van der Waals surface area (Å²) >= 11 is 0. The van der Waals surface area contributed by atoms with Crippen molar-refractivity contribution in [3.05, 3.63) is 150 Å². The van der Waals surface area contributed by atoms with Crippen LogP contribution in [0.2, 0.25) is 0 Å². The molecule has 1 aliphatic heterocycles. The highest BCUT2D eigenvalue weighted by Gasteiger charge is 2.53. The van der Waals surface area contributed by atoms with Gasteiger partial charge >= 0.3 is 5.97 Å². The predicted octanol–water partition coefficient (Wildman–Crippen LogP) is 9.76. The maximum absolute atomic E-state index is 14.0. The molecule has 7 rings (SSSR count). The third kappa shape index (κ3) is 5.07. The van der Waals surface area contributed by atoms with Crippen molar-refractivity contribution < 1.29 is 14.3 Å². The van der Waals surface area contributed by atoms with Crippen molar-refractivity contribution in [2.75, 3.05) is 24.6 Å². The second-order valence-electron chi connectivity index (χ2n) is 12.0. The highest BCUT2D eigenvalue weighted by atomic mass is 16.6. The second-order valence-corrected chi connectivity index (χ2v) is 12.0. The van der Waals surface area contributed by atoms with Gasteiger partial charge in [-0.05, 0) is 61.7 Å². The monoisotopic (exact) mass is 620 g/mol. The fourth-order valence-corrected chi connectivity index (χ4v) is 7.09. The number of rotatable bonds is 11. The van der Waals surface area contributed by atoms with E-state index in [9.17, 15) is 4.79 Å². The van der Waals surface area contributed by atoms with E-state index < -0.39 is 5.60 Å². The first kappa shape index (κ1) is 30.4. The average Bonchev–Trinajstić information content (AvgIpc) is 3.63. The Morgan fingerprint density at radius 1 is 0.723 bits per heavy atom. The lowest BCUT2D eigenvalue weighted by Crippen LogP contribution is -2.33. The van der Waals surface area contributed by atoms with Gasteiger partial charge in [-0.1, -0.05) is 98.3 Å². The van der Waals surface area contributed by atoms with Gasteiger partial charge in [0.15, 0.2) is 0 Å². The third-order valence-corrected chi connectivity index (χ3v) is 9.30. The summed E-state index contributed by atoms with van der Waals surface area (Å²) < 4.78 is 15.8. The standard InChI is InChI=1S/C42H40N2O3/c1-4-7-28-46-37-29-32(43(5-2)6-3)25-26-35(37)42(34-23-15-14-22-33(34)41(45)47-42)40-39(31-20-12-9-13-21-31)38(30-18-10-8-11-19-30)36-24-16-17-27-44(36)40/h8-27,29H,4-7,28H2,1-3H3. The minimum Gasteiger partial charge on any atom is -0.493 e. The van der Waals surface area contributed by atoms with E-state index in [4.69, 9.17) is 9.47 Å². The number of cyclic esters (lactones) is 1. The quantitative estimate of drug-likeness (QED) is 0.107. The molecule has 47 heavy (non-hydrogen) atoms. The fourth-order valence-electron chi connectivity index (χ4n) is 7.09. The number of benzene rings is 4. The summed E-state index contributed by atoms with van der Waals surface area (Å²) in [6.45, 7) is 8.79. The van der Waals surface area contributed by atoms with Crippen LogP contribution in [0.25, 0.3) is 27.8 Å². The maximum atomic E-state index is 14.0. The number of anilines is 1. The molecule has 3 heterocycles. The summed E-state index contributed by atoms with van der Waals surface area (Å²) in [6.07, 6.45) is 4.01. The van der Waals surface area contributed by atoms with Crippen LogP contribution in [0.4, 0.5) is 5.69 Å². The average molecular weight is 621 g/mol. The van der Waals surface area contributed by atoms with Crippen LogP contribution in [-0.4, -0.2) is 30.1 Å². The normalized spacial score (nSPS) is 15.4. The Kier molecular flexibility index (Phi) is 8.30. The first-order valence-electron chi connectivity index (χ1n) is 16.7. The largest absolute Gasteiger partial charge is 0.493 e. The Labute approximate surface area is 277 Å². The maximum Gasteiger partial charge on any atom is 0.340 e. The molecule has 0 amide bonds. The number of ether oxygens (including phenoxy) is 2. The number of carbonyl (C=O) groups excluding carboxylic acids is 1. The Balaban J connectivity index is 1.65. The number of esters is 1. The Morgan fingerprint density at radius 3 is 2.09 bits per heavy atom. The van der Waals surface area contributed by atoms with Crippen LogP contribution in [0.1, 0.15) is 60.8 Å². The Hall–Kier alpha value is -5.29. The topological polar surface area (TPSA) is 43.2 Å². The van der Waals surface area contributed by atoms with E-state index in [2.05, 4.69) is 115 Å². The molecule has 4 aromatic carbocycles. The van der Waals surface area contributed by atoms with Gasteiger partial charge in [-0.3, -0.25) is 0 Å². The second kappa shape index (κ2) is 12.8. The zero-order valence-corrected chi connectivity index (χ0v) is 27.3. The van der Waals surface area contributed by atoms with Gasteiger partial charge in [0.2, 0.25) is 5.60 Å². The SMILES string of the molecule is CCCCOc1cc(N(CC)CC)ccc1C1(c2c(-c3ccccc3)c(-c3ccccc3)c3ccccn23)OC(=O)c2ccccc21. The molecule has 0 radical (unpaired) electrons. The molecular formula is C42H40N2O3. The molecule has 236 valence electrons. The van der Waals surface area contributed by atoms with Gasteiger partial charge in [0.25, 0.3) is 0 Å². The molecule has 1 aliphatic rings. The van der Waals surface area contributed by atoms with Gasteiger partial charge in [0, 0.05) is 53.3 Å². The van der Waals surface area contributed by atoms with Crippen molar-refractivity contribution >= 4 is 17.2 Å². The molecule has 0 spiro atoms. The van der Waals surface area contributed by atoms with Crippen molar-refractivity contribution in [1.82, 2.24) is 4.40 Å². The number of carbonyl (C=O) groups is 1.